The topological polar surface area (TPSA) is 41.1 Å². The van der Waals surface area contributed by atoms with Crippen LogP contribution in [0.4, 0.5) is 0 Å². The molecule has 0 heterocycles. The number of nitrogens with one attached hydrogen (secondary N) is 2. The van der Waals surface area contributed by atoms with Crippen LogP contribution in [0.5, 0.6) is 0 Å². The Morgan fingerprint density at radius 2 is 2.12 bits per heavy atom. The Hall–Kier alpha value is -0.570. The smallest absolute Gasteiger partial charge is 0.220 e. The zero-order valence-electron chi connectivity index (χ0n) is 10.7. The SMILES string of the molecule is CCCCC(C)NCCCC(=O)NC1CC1. The highest BCUT2D eigenvalue weighted by Gasteiger charge is 2.22. The average Bonchev–Trinajstić information content (AvgIpc) is 3.05. The molecule has 1 rings (SSSR count). The molecule has 0 aromatic carbocycles. The van der Waals surface area contributed by atoms with Crippen LogP contribution in [0.15, 0.2) is 0 Å². The van der Waals surface area contributed by atoms with Gasteiger partial charge in [0.05, 0.1) is 0 Å². The maximum Gasteiger partial charge on any atom is 0.220 e. The van der Waals surface area contributed by atoms with Crippen LogP contribution in [0.25, 0.3) is 0 Å². The van der Waals surface area contributed by atoms with E-state index in [2.05, 4.69) is 24.5 Å². The van der Waals surface area contributed by atoms with Crippen molar-refractivity contribution < 1.29 is 4.79 Å². The molecule has 0 radical (unpaired) electrons. The number of carbonyl (C=O) groups is 1. The Morgan fingerprint density at radius 1 is 1.38 bits per heavy atom. The van der Waals surface area contributed by atoms with Gasteiger partial charge < -0.3 is 10.6 Å². The van der Waals surface area contributed by atoms with Crippen LogP contribution < -0.4 is 10.6 Å². The van der Waals surface area contributed by atoms with Crippen molar-refractivity contribution in [3.63, 3.8) is 0 Å². The van der Waals surface area contributed by atoms with Gasteiger partial charge in [0.25, 0.3) is 0 Å². The lowest BCUT2D eigenvalue weighted by molar-refractivity contribution is -0.121. The third kappa shape index (κ3) is 6.83. The summed E-state index contributed by atoms with van der Waals surface area (Å²) in [4.78, 5) is 11.4. The minimum absolute atomic E-state index is 0.227. The number of carbonyl (C=O) groups excluding carboxylic acids is 1. The first kappa shape index (κ1) is 13.5. The van der Waals surface area contributed by atoms with E-state index in [9.17, 15) is 4.79 Å². The van der Waals surface area contributed by atoms with Gasteiger partial charge >= 0.3 is 0 Å². The average molecular weight is 226 g/mol. The summed E-state index contributed by atoms with van der Waals surface area (Å²) in [5, 5.41) is 6.47. The molecule has 0 bridgehead atoms. The molecular formula is C13H26N2O. The minimum atomic E-state index is 0.227. The van der Waals surface area contributed by atoms with Crippen molar-refractivity contribution in [2.75, 3.05) is 6.54 Å². The van der Waals surface area contributed by atoms with Crippen molar-refractivity contribution in [3.05, 3.63) is 0 Å². The summed E-state index contributed by atoms with van der Waals surface area (Å²) in [6, 6.07) is 1.09. The second-order valence-corrected chi connectivity index (χ2v) is 4.94. The lowest BCUT2D eigenvalue weighted by Crippen LogP contribution is -2.29. The van der Waals surface area contributed by atoms with Gasteiger partial charge in [0.2, 0.25) is 5.91 Å². The van der Waals surface area contributed by atoms with E-state index >= 15 is 0 Å². The molecule has 0 saturated heterocycles. The molecule has 0 aliphatic heterocycles. The normalized spacial score (nSPS) is 17.1. The maximum absolute atomic E-state index is 11.4. The van der Waals surface area contributed by atoms with E-state index in [1.165, 1.54) is 32.1 Å². The highest BCUT2D eigenvalue weighted by atomic mass is 16.1. The van der Waals surface area contributed by atoms with Crippen molar-refractivity contribution in [1.29, 1.82) is 0 Å². The van der Waals surface area contributed by atoms with Gasteiger partial charge in [0, 0.05) is 18.5 Å². The first-order valence-electron chi connectivity index (χ1n) is 6.75. The van der Waals surface area contributed by atoms with Crippen LogP contribution in [0.3, 0.4) is 0 Å². The second-order valence-electron chi connectivity index (χ2n) is 4.94. The van der Waals surface area contributed by atoms with Gasteiger partial charge in [-0.2, -0.15) is 0 Å². The second kappa shape index (κ2) is 7.66. The van der Waals surface area contributed by atoms with Gasteiger partial charge in [-0.15, -0.1) is 0 Å². The number of unbranched alkanes of at least 4 members (excludes halogenated alkanes) is 1. The molecule has 1 saturated carbocycles. The minimum Gasteiger partial charge on any atom is -0.353 e. The fraction of sp³-hybridized carbons (Fsp3) is 0.923. The fourth-order valence-electron chi connectivity index (χ4n) is 1.74. The highest BCUT2D eigenvalue weighted by Crippen LogP contribution is 2.18. The molecule has 1 aliphatic carbocycles. The van der Waals surface area contributed by atoms with Crippen molar-refractivity contribution in [2.24, 2.45) is 0 Å². The van der Waals surface area contributed by atoms with Crippen molar-refractivity contribution >= 4 is 5.91 Å². The van der Waals surface area contributed by atoms with Crippen molar-refractivity contribution in [1.82, 2.24) is 10.6 Å². The van der Waals surface area contributed by atoms with Gasteiger partial charge in [-0.1, -0.05) is 19.8 Å². The summed E-state index contributed by atoms with van der Waals surface area (Å²) < 4.78 is 0. The van der Waals surface area contributed by atoms with E-state index in [1.807, 2.05) is 0 Å². The van der Waals surface area contributed by atoms with E-state index in [0.717, 1.165) is 13.0 Å². The first-order chi connectivity index (χ1) is 7.72. The van der Waals surface area contributed by atoms with Crippen LogP contribution in [-0.2, 0) is 4.79 Å². The molecule has 1 atom stereocenters. The zero-order chi connectivity index (χ0) is 11.8. The van der Waals surface area contributed by atoms with Gasteiger partial charge in [-0.25, -0.2) is 0 Å². The van der Waals surface area contributed by atoms with Gasteiger partial charge in [0.1, 0.15) is 0 Å². The fourth-order valence-corrected chi connectivity index (χ4v) is 1.74. The summed E-state index contributed by atoms with van der Waals surface area (Å²) in [6.07, 6.45) is 7.77. The molecule has 1 fully saturated rings. The summed E-state index contributed by atoms with van der Waals surface area (Å²) in [5.41, 5.74) is 0. The number of hydrogen-bond acceptors (Lipinski definition) is 2. The molecule has 1 amide bonds. The predicted octanol–water partition coefficient (Wildman–Crippen LogP) is 2.21. The molecule has 1 aliphatic rings. The zero-order valence-corrected chi connectivity index (χ0v) is 10.7. The molecule has 16 heavy (non-hydrogen) atoms. The molecule has 0 aromatic heterocycles. The summed E-state index contributed by atoms with van der Waals surface area (Å²) >= 11 is 0. The number of hydrogen-bond donors (Lipinski definition) is 2. The number of amides is 1. The molecular weight excluding hydrogens is 200 g/mol. The van der Waals surface area contributed by atoms with Crippen LogP contribution >= 0.6 is 0 Å². The Bertz CT molecular complexity index is 202. The maximum atomic E-state index is 11.4. The Morgan fingerprint density at radius 3 is 2.75 bits per heavy atom. The largest absolute Gasteiger partial charge is 0.353 e. The van der Waals surface area contributed by atoms with Crippen LogP contribution in [-0.4, -0.2) is 24.5 Å². The number of rotatable bonds is 9. The highest BCUT2D eigenvalue weighted by molar-refractivity contribution is 5.76. The van der Waals surface area contributed by atoms with Crippen LogP contribution in [0.1, 0.15) is 58.8 Å². The monoisotopic (exact) mass is 226 g/mol. The van der Waals surface area contributed by atoms with Crippen LogP contribution in [0, 0.1) is 0 Å². The van der Waals surface area contributed by atoms with Crippen molar-refractivity contribution in [3.8, 4) is 0 Å². The van der Waals surface area contributed by atoms with Crippen molar-refractivity contribution in [2.45, 2.75) is 70.9 Å². The lowest BCUT2D eigenvalue weighted by atomic mass is 10.1. The van der Waals surface area contributed by atoms with Crippen LogP contribution in [0.2, 0.25) is 0 Å². The predicted molar refractivity (Wildman–Crippen MR) is 67.4 cm³/mol. The quantitative estimate of drug-likeness (QED) is 0.592. The van der Waals surface area contributed by atoms with E-state index in [0.29, 0.717) is 18.5 Å². The summed E-state index contributed by atoms with van der Waals surface area (Å²) in [6.45, 7) is 5.40. The third-order valence-electron chi connectivity index (χ3n) is 3.01. The molecule has 3 nitrogen and oxygen atoms in total. The Kier molecular flexibility index (Phi) is 6.46. The Balaban J connectivity index is 1.87. The van der Waals surface area contributed by atoms with E-state index in [1.54, 1.807) is 0 Å². The van der Waals surface area contributed by atoms with E-state index in [-0.39, 0.29) is 5.91 Å². The van der Waals surface area contributed by atoms with E-state index in [4.69, 9.17) is 0 Å². The lowest BCUT2D eigenvalue weighted by Gasteiger charge is -2.12. The third-order valence-corrected chi connectivity index (χ3v) is 3.01. The summed E-state index contributed by atoms with van der Waals surface area (Å²) in [7, 11) is 0. The standard InChI is InChI=1S/C13H26N2O/c1-3-4-6-11(2)14-10-5-7-13(16)15-12-8-9-12/h11-12,14H,3-10H2,1-2H3,(H,15,16). The van der Waals surface area contributed by atoms with Gasteiger partial charge in [-0.05, 0) is 39.2 Å². The van der Waals surface area contributed by atoms with Gasteiger partial charge in [0.15, 0.2) is 0 Å². The molecule has 3 heteroatoms. The Labute approximate surface area is 99.4 Å². The molecule has 0 aromatic rings. The van der Waals surface area contributed by atoms with Gasteiger partial charge in [-0.3, -0.25) is 4.79 Å². The summed E-state index contributed by atoms with van der Waals surface area (Å²) in [5.74, 6) is 0.227. The molecule has 94 valence electrons. The first-order valence-corrected chi connectivity index (χ1v) is 6.75. The molecule has 0 spiro atoms. The van der Waals surface area contributed by atoms with E-state index < -0.39 is 0 Å². The molecule has 2 N–H and O–H groups in total. The molecule has 1 unspecified atom stereocenters.